The van der Waals surface area contributed by atoms with Gasteiger partial charge >= 0.3 is 18.3 Å². The van der Waals surface area contributed by atoms with E-state index in [0.717, 1.165) is 31.2 Å². The Bertz CT molecular complexity index is 1150. The lowest BCUT2D eigenvalue weighted by Crippen LogP contribution is -2.54. The van der Waals surface area contributed by atoms with Crippen LogP contribution in [0.4, 0.5) is 14.4 Å². The van der Waals surface area contributed by atoms with Crippen molar-refractivity contribution in [3.8, 4) is 0 Å². The van der Waals surface area contributed by atoms with E-state index >= 15 is 0 Å². The molecule has 6 N–H and O–H groups in total. The first-order valence-electron chi connectivity index (χ1n) is 17.7. The largest absolute Gasteiger partial charge is 0.465 e. The topological polar surface area (TPSA) is 193 Å². The zero-order chi connectivity index (χ0) is 37.4. The average Bonchev–Trinajstić information content (AvgIpc) is 3.01. The van der Waals surface area contributed by atoms with Crippen molar-refractivity contribution in [1.29, 1.82) is 0 Å². The van der Waals surface area contributed by atoms with Gasteiger partial charge in [0.1, 0.15) is 23.3 Å². The highest BCUT2D eigenvalue weighted by atomic mass is 16.6. The number of hydrogen-bond acceptors (Lipinski definition) is 8. The summed E-state index contributed by atoms with van der Waals surface area (Å²) in [5.74, 6) is -0.899. The van der Waals surface area contributed by atoms with Gasteiger partial charge in [-0.3, -0.25) is 9.59 Å². The van der Waals surface area contributed by atoms with Gasteiger partial charge in [-0.2, -0.15) is 0 Å². The summed E-state index contributed by atoms with van der Waals surface area (Å²) in [7, 11) is 0. The van der Waals surface area contributed by atoms with E-state index in [0.29, 0.717) is 52.0 Å². The molecule has 0 fully saturated rings. The van der Waals surface area contributed by atoms with Crippen molar-refractivity contribution in [3.05, 3.63) is 35.9 Å². The summed E-state index contributed by atoms with van der Waals surface area (Å²) in [6.07, 6.45) is 3.51. The van der Waals surface area contributed by atoms with Crippen molar-refractivity contribution in [2.45, 2.75) is 136 Å². The van der Waals surface area contributed by atoms with Crippen LogP contribution in [0.25, 0.3) is 0 Å². The first-order chi connectivity index (χ1) is 23.6. The highest BCUT2D eigenvalue weighted by Crippen LogP contribution is 2.11. The van der Waals surface area contributed by atoms with Gasteiger partial charge in [-0.1, -0.05) is 43.2 Å². The number of unbranched alkanes of at least 4 members (excludes halogenated alkanes) is 5. The molecular formula is C36H61N5O9. The molecule has 14 nitrogen and oxygen atoms in total. The fraction of sp³-hybridized carbons (Fsp3) is 0.694. The van der Waals surface area contributed by atoms with Crippen molar-refractivity contribution in [2.24, 2.45) is 0 Å². The second kappa shape index (κ2) is 24.1. The summed E-state index contributed by atoms with van der Waals surface area (Å²) in [6, 6.07) is 8.09. The summed E-state index contributed by atoms with van der Waals surface area (Å²) in [5, 5.41) is 22.1. The molecule has 0 spiro atoms. The van der Waals surface area contributed by atoms with Crippen LogP contribution in [-0.2, 0) is 30.4 Å². The van der Waals surface area contributed by atoms with Gasteiger partial charge in [0.2, 0.25) is 11.8 Å². The highest BCUT2D eigenvalue weighted by Gasteiger charge is 2.28. The number of hydrogen-bond donors (Lipinski definition) is 6. The summed E-state index contributed by atoms with van der Waals surface area (Å²) in [4.78, 5) is 62.1. The number of amides is 5. The first-order valence-corrected chi connectivity index (χ1v) is 17.7. The molecule has 0 aliphatic rings. The molecule has 0 saturated carbocycles. The lowest BCUT2D eigenvalue weighted by atomic mass is 10.1. The quantitative estimate of drug-likeness (QED) is 0.0809. The second-order valence-corrected chi connectivity index (χ2v) is 14.2. The van der Waals surface area contributed by atoms with Crippen LogP contribution >= 0.6 is 0 Å². The number of alkyl carbamates (subject to hydrolysis) is 2. The molecule has 5 amide bonds. The third kappa shape index (κ3) is 24.1. The van der Waals surface area contributed by atoms with Crippen molar-refractivity contribution < 1.29 is 43.3 Å². The average molecular weight is 708 g/mol. The van der Waals surface area contributed by atoms with E-state index in [2.05, 4.69) is 26.6 Å². The number of rotatable bonds is 23. The Morgan fingerprint density at radius 2 is 1.14 bits per heavy atom. The van der Waals surface area contributed by atoms with Crippen LogP contribution in [-0.4, -0.2) is 84.7 Å². The standard InChI is InChI=1S/C36H61N5O9/c1-35(2,3)49-33(46)39-24-16-13-21-29(41-34(47)50-36(4,5)6)31(43)40-28(20-12-15-23-38-32(44)45)30(42)37-22-14-7-8-17-25-48-26-27-18-10-9-11-19-27/h9-11,18-19,28-29,38H,7-8,12-17,20-26H2,1-6H3,(H,37,42)(H,39,46)(H,40,43)(H,41,47)(H,44,45). The molecule has 0 saturated heterocycles. The molecule has 14 heteroatoms. The van der Waals surface area contributed by atoms with Gasteiger partial charge in [0, 0.05) is 26.2 Å². The minimum atomic E-state index is -1.13. The van der Waals surface area contributed by atoms with Gasteiger partial charge < -0.3 is 45.9 Å². The molecule has 0 radical (unpaired) electrons. The van der Waals surface area contributed by atoms with E-state index < -0.39 is 47.5 Å². The molecule has 284 valence electrons. The Morgan fingerprint density at radius 3 is 1.74 bits per heavy atom. The van der Waals surface area contributed by atoms with Gasteiger partial charge in [0.15, 0.2) is 0 Å². The van der Waals surface area contributed by atoms with E-state index in [1.165, 1.54) is 0 Å². The van der Waals surface area contributed by atoms with Crippen LogP contribution in [0.5, 0.6) is 0 Å². The van der Waals surface area contributed by atoms with Crippen molar-refractivity contribution in [1.82, 2.24) is 26.6 Å². The SMILES string of the molecule is CC(C)(C)OC(=O)NCCCCC(NC(=O)OC(C)(C)C)C(=O)NC(CCCCNC(=O)O)C(=O)NCCCCCCOCc1ccccc1. The zero-order valence-corrected chi connectivity index (χ0v) is 30.9. The Balaban J connectivity index is 2.70. The first kappa shape index (κ1) is 44.0. The minimum absolute atomic E-state index is 0.215. The number of carbonyl (C=O) groups is 5. The van der Waals surface area contributed by atoms with Crippen LogP contribution < -0.4 is 26.6 Å². The van der Waals surface area contributed by atoms with Crippen molar-refractivity contribution in [2.75, 3.05) is 26.2 Å². The third-order valence-electron chi connectivity index (χ3n) is 7.05. The monoisotopic (exact) mass is 707 g/mol. The summed E-state index contributed by atoms with van der Waals surface area (Å²) in [5.41, 5.74) is -0.280. The third-order valence-corrected chi connectivity index (χ3v) is 7.05. The molecule has 2 unspecified atom stereocenters. The molecule has 0 heterocycles. The molecular weight excluding hydrogens is 646 g/mol. The van der Waals surface area contributed by atoms with E-state index in [9.17, 15) is 24.0 Å². The smallest absolute Gasteiger partial charge is 0.408 e. The number of nitrogens with one attached hydrogen (secondary N) is 5. The van der Waals surface area contributed by atoms with Gasteiger partial charge in [-0.25, -0.2) is 14.4 Å². The molecule has 0 bridgehead atoms. The predicted molar refractivity (Wildman–Crippen MR) is 191 cm³/mol. The maximum atomic E-state index is 13.5. The van der Waals surface area contributed by atoms with Gasteiger partial charge in [0.05, 0.1) is 6.61 Å². The predicted octanol–water partition coefficient (Wildman–Crippen LogP) is 5.39. The Labute approximate surface area is 297 Å². The van der Waals surface area contributed by atoms with Crippen molar-refractivity contribution in [3.63, 3.8) is 0 Å². The molecule has 1 aromatic carbocycles. The van der Waals surface area contributed by atoms with Gasteiger partial charge in [-0.05, 0) is 98.5 Å². The number of carboxylic acid groups (broad SMARTS) is 1. The normalized spacial score (nSPS) is 12.6. The Kier molecular flexibility index (Phi) is 21.2. The minimum Gasteiger partial charge on any atom is -0.465 e. The Morgan fingerprint density at radius 1 is 0.620 bits per heavy atom. The van der Waals surface area contributed by atoms with Crippen LogP contribution in [0, 0.1) is 0 Å². The van der Waals surface area contributed by atoms with Crippen molar-refractivity contribution >= 4 is 30.1 Å². The second-order valence-electron chi connectivity index (χ2n) is 14.2. The van der Waals surface area contributed by atoms with Crippen LogP contribution in [0.2, 0.25) is 0 Å². The van der Waals surface area contributed by atoms with Crippen LogP contribution in [0.1, 0.15) is 111 Å². The Hall–Kier alpha value is -4.07. The molecule has 2 atom stereocenters. The lowest BCUT2D eigenvalue weighted by molar-refractivity contribution is -0.130. The van der Waals surface area contributed by atoms with Crippen LogP contribution in [0.15, 0.2) is 30.3 Å². The van der Waals surface area contributed by atoms with Crippen LogP contribution in [0.3, 0.4) is 0 Å². The molecule has 1 rings (SSSR count). The van der Waals surface area contributed by atoms with Gasteiger partial charge in [0.25, 0.3) is 0 Å². The fourth-order valence-electron chi connectivity index (χ4n) is 4.69. The summed E-state index contributed by atoms with van der Waals surface area (Å²) >= 11 is 0. The molecule has 1 aromatic rings. The highest BCUT2D eigenvalue weighted by molar-refractivity contribution is 5.91. The summed E-state index contributed by atoms with van der Waals surface area (Å²) < 4.78 is 16.3. The van der Waals surface area contributed by atoms with E-state index in [-0.39, 0.29) is 25.3 Å². The maximum Gasteiger partial charge on any atom is 0.408 e. The zero-order valence-electron chi connectivity index (χ0n) is 30.9. The molecule has 0 aliphatic heterocycles. The number of benzene rings is 1. The lowest BCUT2D eigenvalue weighted by Gasteiger charge is -2.25. The molecule has 50 heavy (non-hydrogen) atoms. The summed E-state index contributed by atoms with van der Waals surface area (Å²) in [6.45, 7) is 12.6. The van der Waals surface area contributed by atoms with E-state index in [1.54, 1.807) is 41.5 Å². The fourth-order valence-corrected chi connectivity index (χ4v) is 4.69. The maximum absolute atomic E-state index is 13.5. The molecule has 0 aromatic heterocycles. The van der Waals surface area contributed by atoms with E-state index in [1.807, 2.05) is 30.3 Å². The van der Waals surface area contributed by atoms with Gasteiger partial charge in [-0.15, -0.1) is 0 Å². The number of carbonyl (C=O) groups excluding carboxylic acids is 4. The molecule has 0 aliphatic carbocycles. The van der Waals surface area contributed by atoms with E-state index in [4.69, 9.17) is 19.3 Å². The number of ether oxygens (including phenoxy) is 3.